The Morgan fingerprint density at radius 2 is 1.64 bits per heavy atom. The van der Waals surface area contributed by atoms with E-state index >= 15 is 0 Å². The number of carbonyl (C=O) groups excluding carboxylic acids is 2. The van der Waals surface area contributed by atoms with Gasteiger partial charge in [0.05, 0.1) is 11.2 Å². The number of sulfonamides is 1. The third-order valence-electron chi connectivity index (χ3n) is 7.65. The zero-order valence-electron chi connectivity index (χ0n) is 23.6. The van der Waals surface area contributed by atoms with E-state index in [-0.39, 0.29) is 10.8 Å². The fourth-order valence-electron chi connectivity index (χ4n) is 5.84. The third kappa shape index (κ3) is 5.31. The fourth-order valence-corrected chi connectivity index (χ4v) is 6.97. The quantitative estimate of drug-likeness (QED) is 0.230. The number of benzene rings is 2. The summed E-state index contributed by atoms with van der Waals surface area (Å²) in [7, 11) is -2.49. The number of para-hydroxylation sites is 1. The van der Waals surface area contributed by atoms with Crippen molar-refractivity contribution in [3.63, 3.8) is 0 Å². The molecule has 0 spiro atoms. The molecule has 2 unspecified atom stereocenters. The molecule has 1 fully saturated rings. The molecule has 0 amide bonds. The highest BCUT2D eigenvalue weighted by Crippen LogP contribution is 2.49. The van der Waals surface area contributed by atoms with Crippen LogP contribution in [0.25, 0.3) is 10.9 Å². The number of pyridine rings is 1. The molecule has 1 aromatic heterocycles. The zero-order valence-corrected chi connectivity index (χ0v) is 24.4. The van der Waals surface area contributed by atoms with Crippen LogP contribution in [0.1, 0.15) is 71.8 Å². The Bertz CT molecular complexity index is 1490. The first-order chi connectivity index (χ1) is 18.4. The predicted octanol–water partition coefficient (Wildman–Crippen LogP) is 6.27. The van der Waals surface area contributed by atoms with Crippen molar-refractivity contribution in [2.24, 2.45) is 11.3 Å². The number of ketones is 1. The van der Waals surface area contributed by atoms with Crippen LogP contribution < -0.4 is 4.31 Å². The molecule has 0 radical (unpaired) electrons. The lowest BCUT2D eigenvalue weighted by Crippen LogP contribution is -2.40. The number of rotatable bonds is 9. The number of anilines is 1. The van der Waals surface area contributed by atoms with Gasteiger partial charge in [0.1, 0.15) is 5.92 Å². The van der Waals surface area contributed by atoms with Crippen LogP contribution >= 0.6 is 0 Å². The molecule has 39 heavy (non-hydrogen) atoms. The van der Waals surface area contributed by atoms with Crippen LogP contribution in [0.5, 0.6) is 0 Å². The largest absolute Gasteiger partial charge is 0.450 e. The first-order valence-corrected chi connectivity index (χ1v) is 15.0. The SMILES string of the molecule is CCCC1(CCC)OC(=O)C(C(c2cccc(N(C)S(=O)(=O)c3ccc4ccccc4n3)c2)C(C)(C)C)C1=O. The maximum absolute atomic E-state index is 13.9. The van der Waals surface area contributed by atoms with Crippen molar-refractivity contribution < 1.29 is 22.7 Å². The topological polar surface area (TPSA) is 93.6 Å². The van der Waals surface area contributed by atoms with E-state index in [1.807, 2.05) is 58.9 Å². The summed E-state index contributed by atoms with van der Waals surface area (Å²) in [6.45, 7) is 9.94. The van der Waals surface area contributed by atoms with E-state index in [1.165, 1.54) is 17.4 Å². The van der Waals surface area contributed by atoms with Gasteiger partial charge >= 0.3 is 5.97 Å². The van der Waals surface area contributed by atoms with Crippen molar-refractivity contribution in [3.05, 3.63) is 66.2 Å². The van der Waals surface area contributed by atoms with Crippen LogP contribution in [0.2, 0.25) is 0 Å². The summed E-state index contributed by atoms with van der Waals surface area (Å²) >= 11 is 0. The number of ether oxygens (including phenoxy) is 1. The van der Waals surface area contributed by atoms with Gasteiger partial charge in [-0.15, -0.1) is 0 Å². The number of hydrogen-bond acceptors (Lipinski definition) is 6. The van der Waals surface area contributed by atoms with E-state index in [4.69, 9.17) is 4.74 Å². The second-order valence-electron chi connectivity index (χ2n) is 11.5. The monoisotopic (exact) mass is 550 g/mol. The Morgan fingerprint density at radius 3 is 2.28 bits per heavy atom. The minimum Gasteiger partial charge on any atom is -0.450 e. The summed E-state index contributed by atoms with van der Waals surface area (Å²) in [5.41, 5.74) is 0.156. The molecule has 1 aliphatic rings. The maximum atomic E-state index is 13.9. The smallest absolute Gasteiger partial charge is 0.318 e. The van der Waals surface area contributed by atoms with Gasteiger partial charge in [0.25, 0.3) is 10.0 Å². The van der Waals surface area contributed by atoms with Crippen molar-refractivity contribution in [1.82, 2.24) is 4.98 Å². The van der Waals surface area contributed by atoms with Gasteiger partial charge in [0.15, 0.2) is 16.4 Å². The summed E-state index contributed by atoms with van der Waals surface area (Å²) in [5, 5.41) is 0.796. The van der Waals surface area contributed by atoms with Gasteiger partial charge in [-0.05, 0) is 54.2 Å². The molecular weight excluding hydrogens is 512 g/mol. The fraction of sp³-hybridized carbons (Fsp3) is 0.452. The molecule has 1 aliphatic heterocycles. The number of fused-ring (bicyclic) bond motifs is 1. The molecule has 7 nitrogen and oxygen atoms in total. The van der Waals surface area contributed by atoms with Crippen molar-refractivity contribution in [2.45, 2.75) is 76.8 Å². The summed E-state index contributed by atoms with van der Waals surface area (Å²) in [5.74, 6) is -2.11. The predicted molar refractivity (Wildman–Crippen MR) is 153 cm³/mol. The Labute approximate surface area is 231 Å². The van der Waals surface area contributed by atoms with Crippen LogP contribution in [-0.4, -0.2) is 37.8 Å². The minimum absolute atomic E-state index is 0.0556. The summed E-state index contributed by atoms with van der Waals surface area (Å²) < 4.78 is 34.2. The van der Waals surface area contributed by atoms with E-state index in [9.17, 15) is 18.0 Å². The highest BCUT2D eigenvalue weighted by molar-refractivity contribution is 7.92. The van der Waals surface area contributed by atoms with Crippen molar-refractivity contribution in [2.75, 3.05) is 11.4 Å². The summed E-state index contributed by atoms with van der Waals surface area (Å²) in [6, 6.07) is 17.7. The molecule has 0 bridgehead atoms. The maximum Gasteiger partial charge on any atom is 0.318 e. The summed E-state index contributed by atoms with van der Waals surface area (Å²) in [4.78, 5) is 31.6. The molecule has 0 saturated carbocycles. The van der Waals surface area contributed by atoms with Crippen LogP contribution in [0.4, 0.5) is 5.69 Å². The Morgan fingerprint density at radius 1 is 0.974 bits per heavy atom. The number of hydrogen-bond donors (Lipinski definition) is 0. The highest BCUT2D eigenvalue weighted by Gasteiger charge is 2.58. The number of cyclic esters (lactones) is 1. The average molecular weight is 551 g/mol. The van der Waals surface area contributed by atoms with Crippen LogP contribution in [0, 0.1) is 11.3 Å². The molecule has 0 aliphatic carbocycles. The Hall–Kier alpha value is -3.26. The Balaban J connectivity index is 1.74. The first-order valence-electron chi connectivity index (χ1n) is 13.6. The van der Waals surface area contributed by atoms with Crippen molar-refractivity contribution in [1.29, 1.82) is 0 Å². The third-order valence-corrected chi connectivity index (χ3v) is 9.33. The second-order valence-corrected chi connectivity index (χ2v) is 13.4. The number of carbonyl (C=O) groups is 2. The molecule has 3 aromatic rings. The lowest BCUT2D eigenvalue weighted by Gasteiger charge is -2.34. The molecule has 2 heterocycles. The van der Waals surface area contributed by atoms with Crippen molar-refractivity contribution >= 4 is 38.4 Å². The molecule has 0 N–H and O–H groups in total. The van der Waals surface area contributed by atoms with E-state index in [1.54, 1.807) is 30.3 Å². The van der Waals surface area contributed by atoms with E-state index in [0.717, 1.165) is 18.2 Å². The molecule has 208 valence electrons. The zero-order chi connectivity index (χ0) is 28.6. The molecule has 4 rings (SSSR count). The van der Waals surface area contributed by atoms with Gasteiger partial charge in [-0.3, -0.25) is 13.9 Å². The molecule has 2 atom stereocenters. The van der Waals surface area contributed by atoms with Gasteiger partial charge in [0, 0.05) is 18.4 Å². The van der Waals surface area contributed by atoms with E-state index in [2.05, 4.69) is 4.98 Å². The molecule has 8 heteroatoms. The normalized spacial score (nSPS) is 18.3. The van der Waals surface area contributed by atoms with Crippen LogP contribution in [0.15, 0.2) is 65.7 Å². The minimum atomic E-state index is -3.97. The second kappa shape index (κ2) is 10.7. The van der Waals surface area contributed by atoms with Gasteiger partial charge in [-0.25, -0.2) is 4.98 Å². The number of aromatic nitrogens is 1. The number of nitrogens with zero attached hydrogens (tertiary/aromatic N) is 2. The van der Waals surface area contributed by atoms with Crippen LogP contribution in [0.3, 0.4) is 0 Å². The van der Waals surface area contributed by atoms with Crippen LogP contribution in [-0.2, 0) is 24.3 Å². The molecular formula is C31H38N2O5S. The number of esters is 1. The van der Waals surface area contributed by atoms with Gasteiger partial charge in [0.2, 0.25) is 0 Å². The average Bonchev–Trinajstić information content (AvgIpc) is 3.12. The summed E-state index contributed by atoms with van der Waals surface area (Å²) in [6.07, 6.45) is 2.46. The lowest BCUT2D eigenvalue weighted by atomic mass is 9.66. The lowest BCUT2D eigenvalue weighted by molar-refractivity contribution is -0.154. The molecule has 2 aromatic carbocycles. The standard InChI is InChI=1S/C31H38N2O5S/c1-7-18-31(19-8-2)28(34)26(29(35)38-31)27(30(3,4)5)22-13-11-14-23(20-22)33(6)39(36,37)25-17-16-21-12-9-10-15-24(21)32-25/h9-17,20,26-27H,7-8,18-19H2,1-6H3. The van der Waals surface area contributed by atoms with Gasteiger partial charge < -0.3 is 4.74 Å². The first kappa shape index (κ1) is 28.7. The molecule has 1 saturated heterocycles. The van der Waals surface area contributed by atoms with Crippen molar-refractivity contribution in [3.8, 4) is 0 Å². The van der Waals surface area contributed by atoms with Gasteiger partial charge in [-0.1, -0.05) is 77.8 Å². The van der Waals surface area contributed by atoms with E-state index < -0.39 is 38.8 Å². The number of Topliss-reactive ketones (excluding diaryl/α,β-unsaturated/α-hetero) is 1. The highest BCUT2D eigenvalue weighted by atomic mass is 32.2. The van der Waals surface area contributed by atoms with E-state index in [0.29, 0.717) is 29.6 Å². The Kier molecular flexibility index (Phi) is 7.90. The van der Waals surface area contributed by atoms with Gasteiger partial charge in [-0.2, -0.15) is 8.42 Å².